The lowest BCUT2D eigenvalue weighted by Gasteiger charge is -2.07. The van der Waals surface area contributed by atoms with Gasteiger partial charge in [0.15, 0.2) is 0 Å². The van der Waals surface area contributed by atoms with Gasteiger partial charge in [-0.3, -0.25) is 9.78 Å². The van der Waals surface area contributed by atoms with Crippen LogP contribution in [0.5, 0.6) is 0 Å². The number of pyridine rings is 1. The van der Waals surface area contributed by atoms with Crippen LogP contribution in [0, 0.1) is 0 Å². The normalized spacial score (nSPS) is 11.4. The van der Waals surface area contributed by atoms with E-state index in [1.165, 1.54) is 11.3 Å². The van der Waals surface area contributed by atoms with Crippen molar-refractivity contribution in [2.45, 2.75) is 12.7 Å². The van der Waals surface area contributed by atoms with Crippen molar-refractivity contribution in [2.75, 3.05) is 0 Å². The second kappa shape index (κ2) is 5.92. The minimum atomic E-state index is -4.45. The fourth-order valence-electron chi connectivity index (χ4n) is 1.40. The van der Waals surface area contributed by atoms with Gasteiger partial charge in [0.25, 0.3) is 5.91 Å². The second-order valence-corrected chi connectivity index (χ2v) is 6.37. The molecular formula is C12H8BrF3N2OS. The van der Waals surface area contributed by atoms with E-state index in [4.69, 9.17) is 0 Å². The maximum atomic E-state index is 12.3. The number of nitrogens with one attached hydrogen (secondary N) is 1. The summed E-state index contributed by atoms with van der Waals surface area (Å²) >= 11 is 4.76. The first-order valence-corrected chi connectivity index (χ1v) is 7.03. The van der Waals surface area contributed by atoms with Crippen molar-refractivity contribution in [3.8, 4) is 0 Å². The number of carbonyl (C=O) groups is 1. The van der Waals surface area contributed by atoms with E-state index < -0.39 is 17.6 Å². The lowest BCUT2D eigenvalue weighted by molar-refractivity contribution is -0.137. The first-order valence-electron chi connectivity index (χ1n) is 5.42. The molecule has 0 saturated carbocycles. The Morgan fingerprint density at radius 3 is 2.55 bits per heavy atom. The highest BCUT2D eigenvalue weighted by atomic mass is 79.9. The SMILES string of the molecule is O=C(NCc1ccc(Br)s1)c1ccc(C(F)(F)F)cn1. The van der Waals surface area contributed by atoms with E-state index in [2.05, 4.69) is 26.2 Å². The molecule has 0 unspecified atom stereocenters. The van der Waals surface area contributed by atoms with Crippen LogP contribution in [-0.2, 0) is 12.7 Å². The van der Waals surface area contributed by atoms with Gasteiger partial charge in [0, 0.05) is 11.1 Å². The van der Waals surface area contributed by atoms with E-state index in [1.807, 2.05) is 12.1 Å². The lowest BCUT2D eigenvalue weighted by atomic mass is 10.2. The number of hydrogen-bond acceptors (Lipinski definition) is 3. The van der Waals surface area contributed by atoms with Crippen LogP contribution in [0.4, 0.5) is 13.2 Å². The molecule has 0 bridgehead atoms. The van der Waals surface area contributed by atoms with Gasteiger partial charge >= 0.3 is 6.18 Å². The van der Waals surface area contributed by atoms with Gasteiger partial charge in [0.2, 0.25) is 0 Å². The van der Waals surface area contributed by atoms with Crippen LogP contribution in [0.3, 0.4) is 0 Å². The van der Waals surface area contributed by atoms with Crippen LogP contribution in [0.25, 0.3) is 0 Å². The summed E-state index contributed by atoms with van der Waals surface area (Å²) in [4.78, 5) is 16.2. The van der Waals surface area contributed by atoms with E-state index >= 15 is 0 Å². The molecule has 2 aromatic rings. The van der Waals surface area contributed by atoms with E-state index in [0.29, 0.717) is 12.7 Å². The Morgan fingerprint density at radius 1 is 1.30 bits per heavy atom. The van der Waals surface area contributed by atoms with Crippen LogP contribution in [0.2, 0.25) is 0 Å². The molecule has 2 rings (SSSR count). The van der Waals surface area contributed by atoms with Crippen molar-refractivity contribution in [1.82, 2.24) is 10.3 Å². The number of carbonyl (C=O) groups excluding carboxylic acids is 1. The summed E-state index contributed by atoms with van der Waals surface area (Å²) in [5, 5.41) is 2.59. The molecule has 1 amide bonds. The zero-order valence-corrected chi connectivity index (χ0v) is 12.3. The second-order valence-electron chi connectivity index (χ2n) is 3.82. The van der Waals surface area contributed by atoms with Crippen molar-refractivity contribution >= 4 is 33.2 Å². The fourth-order valence-corrected chi connectivity index (χ4v) is 2.82. The van der Waals surface area contributed by atoms with E-state index in [1.54, 1.807) is 0 Å². The molecule has 8 heteroatoms. The Labute approximate surface area is 125 Å². The number of alkyl halides is 3. The molecule has 0 aliphatic heterocycles. The zero-order chi connectivity index (χ0) is 14.8. The molecule has 0 radical (unpaired) electrons. The number of hydrogen-bond donors (Lipinski definition) is 1. The zero-order valence-electron chi connectivity index (χ0n) is 9.87. The number of rotatable bonds is 3. The minimum absolute atomic E-state index is 0.0476. The highest BCUT2D eigenvalue weighted by molar-refractivity contribution is 9.11. The molecule has 1 N–H and O–H groups in total. The number of nitrogens with zero attached hydrogens (tertiary/aromatic N) is 1. The molecule has 0 spiro atoms. The van der Waals surface area contributed by atoms with Crippen molar-refractivity contribution < 1.29 is 18.0 Å². The smallest absolute Gasteiger partial charge is 0.346 e. The van der Waals surface area contributed by atoms with Gasteiger partial charge in [-0.05, 0) is 40.2 Å². The molecule has 2 aromatic heterocycles. The van der Waals surface area contributed by atoms with Crippen molar-refractivity contribution in [3.63, 3.8) is 0 Å². The highest BCUT2D eigenvalue weighted by Crippen LogP contribution is 2.28. The van der Waals surface area contributed by atoms with Gasteiger partial charge in [-0.15, -0.1) is 11.3 Å². The first kappa shape index (κ1) is 15.0. The average molecular weight is 365 g/mol. The van der Waals surface area contributed by atoms with Crippen LogP contribution >= 0.6 is 27.3 Å². The predicted octanol–water partition coefficient (Wildman–Crippen LogP) is 3.85. The molecule has 20 heavy (non-hydrogen) atoms. The molecule has 0 aliphatic rings. The molecule has 0 saturated heterocycles. The maximum absolute atomic E-state index is 12.3. The monoisotopic (exact) mass is 364 g/mol. The Balaban J connectivity index is 1.99. The highest BCUT2D eigenvalue weighted by Gasteiger charge is 2.30. The Kier molecular flexibility index (Phi) is 4.44. The van der Waals surface area contributed by atoms with Gasteiger partial charge in [-0.1, -0.05) is 0 Å². The average Bonchev–Trinajstić information content (AvgIpc) is 2.81. The van der Waals surface area contributed by atoms with Crippen LogP contribution in [0.15, 0.2) is 34.2 Å². The van der Waals surface area contributed by atoms with Crippen molar-refractivity contribution in [3.05, 3.63) is 50.4 Å². The van der Waals surface area contributed by atoms with Crippen molar-refractivity contribution in [2.24, 2.45) is 0 Å². The van der Waals surface area contributed by atoms with E-state index in [0.717, 1.165) is 20.8 Å². The van der Waals surface area contributed by atoms with Gasteiger partial charge in [0.1, 0.15) is 5.69 Å². The molecule has 3 nitrogen and oxygen atoms in total. The standard InChI is InChI=1S/C12H8BrF3N2OS/c13-10-4-2-8(20-10)6-18-11(19)9-3-1-7(5-17-9)12(14,15)16/h1-5H,6H2,(H,18,19). The van der Waals surface area contributed by atoms with Crippen molar-refractivity contribution in [1.29, 1.82) is 0 Å². The first-order chi connectivity index (χ1) is 9.36. The van der Waals surface area contributed by atoms with E-state index in [-0.39, 0.29) is 5.69 Å². The summed E-state index contributed by atoms with van der Waals surface area (Å²) in [7, 11) is 0. The lowest BCUT2D eigenvalue weighted by Crippen LogP contribution is -2.23. The molecule has 0 aromatic carbocycles. The molecular weight excluding hydrogens is 357 g/mol. The topological polar surface area (TPSA) is 42.0 Å². The summed E-state index contributed by atoms with van der Waals surface area (Å²) in [5.74, 6) is -0.511. The third-order valence-corrected chi connectivity index (χ3v) is 4.00. The summed E-state index contributed by atoms with van der Waals surface area (Å²) in [5.41, 5.74) is -0.926. The molecule has 0 atom stereocenters. The predicted molar refractivity (Wildman–Crippen MR) is 72.4 cm³/mol. The summed E-state index contributed by atoms with van der Waals surface area (Å²) in [6, 6.07) is 5.59. The van der Waals surface area contributed by atoms with Gasteiger partial charge < -0.3 is 5.32 Å². The van der Waals surface area contributed by atoms with Crippen LogP contribution < -0.4 is 5.32 Å². The Morgan fingerprint density at radius 2 is 2.05 bits per heavy atom. The molecule has 106 valence electrons. The van der Waals surface area contributed by atoms with Crippen LogP contribution in [0.1, 0.15) is 20.9 Å². The molecule has 2 heterocycles. The van der Waals surface area contributed by atoms with Gasteiger partial charge in [0.05, 0.1) is 15.9 Å². The molecule has 0 aliphatic carbocycles. The third-order valence-electron chi connectivity index (χ3n) is 2.38. The van der Waals surface area contributed by atoms with Gasteiger partial charge in [-0.2, -0.15) is 13.2 Å². The number of aromatic nitrogens is 1. The largest absolute Gasteiger partial charge is 0.417 e. The number of thiophene rings is 1. The fraction of sp³-hybridized carbons (Fsp3) is 0.167. The Hall–Kier alpha value is -1.41. The Bertz CT molecular complexity index is 610. The quantitative estimate of drug-likeness (QED) is 0.898. The summed E-state index contributed by atoms with van der Waals surface area (Å²) in [6.45, 7) is 0.303. The molecule has 0 fully saturated rings. The van der Waals surface area contributed by atoms with Crippen LogP contribution in [-0.4, -0.2) is 10.9 Å². The van der Waals surface area contributed by atoms with E-state index in [9.17, 15) is 18.0 Å². The number of amides is 1. The minimum Gasteiger partial charge on any atom is -0.346 e. The van der Waals surface area contributed by atoms with Gasteiger partial charge in [-0.25, -0.2) is 0 Å². The summed E-state index contributed by atoms with van der Waals surface area (Å²) < 4.78 is 38.0. The maximum Gasteiger partial charge on any atom is 0.417 e. The number of halogens is 4. The summed E-state index contributed by atoms with van der Waals surface area (Å²) in [6.07, 6.45) is -3.80. The third kappa shape index (κ3) is 3.80.